The van der Waals surface area contributed by atoms with E-state index in [1.807, 2.05) is 30.3 Å². The Labute approximate surface area is 101 Å². The number of para-hydroxylation sites is 1. The first-order valence-electron chi connectivity index (χ1n) is 5.48. The van der Waals surface area contributed by atoms with Crippen molar-refractivity contribution in [1.82, 2.24) is 10.6 Å². The number of rotatable bonds is 6. The summed E-state index contributed by atoms with van der Waals surface area (Å²) < 4.78 is 0. The maximum absolute atomic E-state index is 11.4. The lowest BCUT2D eigenvalue weighted by Gasteiger charge is -2.07. The van der Waals surface area contributed by atoms with Crippen molar-refractivity contribution in [2.75, 3.05) is 25.5 Å². The van der Waals surface area contributed by atoms with Gasteiger partial charge in [-0.05, 0) is 12.1 Å². The van der Waals surface area contributed by atoms with Gasteiger partial charge in [0.1, 0.15) is 0 Å². The molecule has 0 aliphatic heterocycles. The molecule has 5 heteroatoms. The van der Waals surface area contributed by atoms with Crippen molar-refractivity contribution in [3.05, 3.63) is 30.3 Å². The Morgan fingerprint density at radius 3 is 2.47 bits per heavy atom. The van der Waals surface area contributed by atoms with Crippen LogP contribution >= 0.6 is 0 Å². The van der Waals surface area contributed by atoms with Crippen molar-refractivity contribution < 1.29 is 9.59 Å². The van der Waals surface area contributed by atoms with Gasteiger partial charge in [0.05, 0.1) is 6.54 Å². The first-order valence-corrected chi connectivity index (χ1v) is 5.48. The lowest BCUT2D eigenvalue weighted by Crippen LogP contribution is -2.33. The molecule has 92 valence electrons. The van der Waals surface area contributed by atoms with Gasteiger partial charge in [0.15, 0.2) is 0 Å². The van der Waals surface area contributed by atoms with Gasteiger partial charge in [-0.1, -0.05) is 18.2 Å². The zero-order valence-corrected chi connectivity index (χ0v) is 9.82. The van der Waals surface area contributed by atoms with Crippen molar-refractivity contribution in [1.29, 1.82) is 0 Å². The van der Waals surface area contributed by atoms with E-state index < -0.39 is 0 Å². The second-order valence-electron chi connectivity index (χ2n) is 3.49. The minimum atomic E-state index is -0.127. The molecule has 2 amide bonds. The number of carbonyl (C=O) groups is 2. The van der Waals surface area contributed by atoms with E-state index in [2.05, 4.69) is 16.0 Å². The summed E-state index contributed by atoms with van der Waals surface area (Å²) >= 11 is 0. The van der Waals surface area contributed by atoms with Gasteiger partial charge in [-0.3, -0.25) is 9.59 Å². The molecule has 0 saturated carbocycles. The predicted molar refractivity (Wildman–Crippen MR) is 66.6 cm³/mol. The molecular weight excluding hydrogens is 218 g/mol. The van der Waals surface area contributed by atoms with Crippen molar-refractivity contribution in [2.45, 2.75) is 6.42 Å². The normalized spacial score (nSPS) is 9.47. The standard InChI is InChI=1S/C12H17N3O2/c1-13-11(16)7-8-14-12(17)9-15-10-5-3-2-4-6-10/h2-6,15H,7-9H2,1H3,(H,13,16)(H,14,17). The second-order valence-corrected chi connectivity index (χ2v) is 3.49. The minimum absolute atomic E-state index is 0.0821. The Morgan fingerprint density at radius 1 is 1.12 bits per heavy atom. The monoisotopic (exact) mass is 235 g/mol. The van der Waals surface area contributed by atoms with Crippen LogP contribution in [0.5, 0.6) is 0 Å². The van der Waals surface area contributed by atoms with Crippen molar-refractivity contribution in [2.24, 2.45) is 0 Å². The zero-order valence-electron chi connectivity index (χ0n) is 9.82. The molecule has 0 unspecified atom stereocenters. The van der Waals surface area contributed by atoms with Crippen LogP contribution in [-0.2, 0) is 9.59 Å². The Bertz CT molecular complexity index is 365. The molecule has 3 N–H and O–H groups in total. The fourth-order valence-corrected chi connectivity index (χ4v) is 1.24. The van der Waals surface area contributed by atoms with Crippen LogP contribution in [0.1, 0.15) is 6.42 Å². The van der Waals surface area contributed by atoms with Gasteiger partial charge in [-0.2, -0.15) is 0 Å². The van der Waals surface area contributed by atoms with Crippen LogP contribution in [0, 0.1) is 0 Å². The summed E-state index contributed by atoms with van der Waals surface area (Å²) in [5.41, 5.74) is 0.897. The molecule has 0 aromatic heterocycles. The summed E-state index contributed by atoms with van der Waals surface area (Å²) in [6.45, 7) is 0.562. The number of anilines is 1. The molecule has 0 bridgehead atoms. The number of hydrogen-bond donors (Lipinski definition) is 3. The predicted octanol–water partition coefficient (Wildman–Crippen LogP) is 0.351. The average Bonchev–Trinajstić information content (AvgIpc) is 2.37. The smallest absolute Gasteiger partial charge is 0.239 e. The van der Waals surface area contributed by atoms with Crippen molar-refractivity contribution in [3.8, 4) is 0 Å². The molecule has 0 heterocycles. The summed E-state index contributed by atoms with van der Waals surface area (Å²) in [4.78, 5) is 22.3. The lowest BCUT2D eigenvalue weighted by atomic mass is 10.3. The number of benzene rings is 1. The Morgan fingerprint density at radius 2 is 1.82 bits per heavy atom. The van der Waals surface area contributed by atoms with Crippen molar-refractivity contribution >= 4 is 17.5 Å². The van der Waals surface area contributed by atoms with Crippen LogP contribution in [0.3, 0.4) is 0 Å². The highest BCUT2D eigenvalue weighted by atomic mass is 16.2. The summed E-state index contributed by atoms with van der Waals surface area (Å²) in [6.07, 6.45) is 0.299. The fourth-order valence-electron chi connectivity index (χ4n) is 1.24. The van der Waals surface area contributed by atoms with Gasteiger partial charge in [-0.15, -0.1) is 0 Å². The van der Waals surface area contributed by atoms with Gasteiger partial charge < -0.3 is 16.0 Å². The molecule has 1 aromatic rings. The van der Waals surface area contributed by atoms with E-state index in [0.29, 0.717) is 13.0 Å². The van der Waals surface area contributed by atoms with Crippen molar-refractivity contribution in [3.63, 3.8) is 0 Å². The summed E-state index contributed by atoms with van der Waals surface area (Å²) in [7, 11) is 1.57. The van der Waals surface area contributed by atoms with Crippen LogP contribution in [0.2, 0.25) is 0 Å². The zero-order chi connectivity index (χ0) is 12.5. The first-order chi connectivity index (χ1) is 8.22. The quantitative estimate of drug-likeness (QED) is 0.666. The van der Waals surface area contributed by atoms with Gasteiger partial charge in [0.2, 0.25) is 11.8 Å². The Hall–Kier alpha value is -2.04. The number of carbonyl (C=O) groups excluding carboxylic acids is 2. The summed E-state index contributed by atoms with van der Waals surface area (Å²) in [5.74, 6) is -0.209. The second kappa shape index (κ2) is 7.27. The van der Waals surface area contributed by atoms with Gasteiger partial charge in [0, 0.05) is 25.7 Å². The fraction of sp³-hybridized carbons (Fsp3) is 0.333. The van der Waals surface area contributed by atoms with Gasteiger partial charge in [0.25, 0.3) is 0 Å². The lowest BCUT2D eigenvalue weighted by molar-refractivity contribution is -0.121. The largest absolute Gasteiger partial charge is 0.376 e. The third-order valence-electron chi connectivity index (χ3n) is 2.18. The van der Waals surface area contributed by atoms with E-state index in [1.54, 1.807) is 7.05 Å². The highest BCUT2D eigenvalue weighted by molar-refractivity contribution is 5.81. The third-order valence-corrected chi connectivity index (χ3v) is 2.18. The van der Waals surface area contributed by atoms with E-state index in [9.17, 15) is 9.59 Å². The summed E-state index contributed by atoms with van der Waals surface area (Å²) in [6, 6.07) is 9.47. The van der Waals surface area contributed by atoms with Crippen LogP contribution < -0.4 is 16.0 Å². The maximum Gasteiger partial charge on any atom is 0.239 e. The molecular formula is C12H17N3O2. The minimum Gasteiger partial charge on any atom is -0.376 e. The highest BCUT2D eigenvalue weighted by Crippen LogP contribution is 2.03. The molecule has 0 aliphatic rings. The van der Waals surface area contributed by atoms with Crippen LogP contribution in [-0.4, -0.2) is 32.0 Å². The van der Waals surface area contributed by atoms with Gasteiger partial charge >= 0.3 is 0 Å². The number of nitrogens with one attached hydrogen (secondary N) is 3. The third kappa shape index (κ3) is 5.55. The van der Waals surface area contributed by atoms with E-state index >= 15 is 0 Å². The van der Waals surface area contributed by atoms with Crippen LogP contribution in [0.4, 0.5) is 5.69 Å². The number of amides is 2. The number of hydrogen-bond acceptors (Lipinski definition) is 3. The molecule has 1 aromatic carbocycles. The molecule has 0 radical (unpaired) electrons. The molecule has 1 rings (SSSR count). The SMILES string of the molecule is CNC(=O)CCNC(=O)CNc1ccccc1. The average molecular weight is 235 g/mol. The maximum atomic E-state index is 11.4. The molecule has 0 saturated heterocycles. The van der Waals surface area contributed by atoms with E-state index in [0.717, 1.165) is 5.69 Å². The van der Waals surface area contributed by atoms with Crippen LogP contribution in [0.25, 0.3) is 0 Å². The molecule has 5 nitrogen and oxygen atoms in total. The van der Waals surface area contributed by atoms with Gasteiger partial charge in [-0.25, -0.2) is 0 Å². The van der Waals surface area contributed by atoms with E-state index in [-0.39, 0.29) is 18.4 Å². The van der Waals surface area contributed by atoms with E-state index in [1.165, 1.54) is 0 Å². The Kier molecular flexibility index (Phi) is 5.57. The van der Waals surface area contributed by atoms with E-state index in [4.69, 9.17) is 0 Å². The topological polar surface area (TPSA) is 70.2 Å². The molecule has 0 aliphatic carbocycles. The highest BCUT2D eigenvalue weighted by Gasteiger charge is 2.02. The van der Waals surface area contributed by atoms with Crippen LogP contribution in [0.15, 0.2) is 30.3 Å². The molecule has 17 heavy (non-hydrogen) atoms. The molecule has 0 spiro atoms. The first kappa shape index (κ1) is 13.0. The molecule has 0 atom stereocenters. The summed E-state index contributed by atoms with van der Waals surface area (Å²) in [5, 5.41) is 8.13. The molecule has 0 fully saturated rings. The Balaban J connectivity index is 2.16.